The number of aryl methyl sites for hydroxylation is 1. The van der Waals surface area contributed by atoms with E-state index in [1.165, 1.54) is 0 Å². The number of anilines is 1. The van der Waals surface area contributed by atoms with Crippen molar-refractivity contribution in [3.05, 3.63) is 46.7 Å². The maximum absolute atomic E-state index is 12.0. The summed E-state index contributed by atoms with van der Waals surface area (Å²) in [4.78, 5) is 23.9. The summed E-state index contributed by atoms with van der Waals surface area (Å²) >= 11 is 0. The van der Waals surface area contributed by atoms with Gasteiger partial charge in [0.2, 0.25) is 5.88 Å². The van der Waals surface area contributed by atoms with Crippen LogP contribution in [0.25, 0.3) is 0 Å². The van der Waals surface area contributed by atoms with Crippen LogP contribution in [0.3, 0.4) is 0 Å². The first-order valence-electron chi connectivity index (χ1n) is 8.51. The summed E-state index contributed by atoms with van der Waals surface area (Å²) in [6.07, 6.45) is 0.0495. The highest BCUT2D eigenvalue weighted by molar-refractivity contribution is 5.93. The summed E-state index contributed by atoms with van der Waals surface area (Å²) < 4.78 is 15.9. The molecule has 1 N–H and O–H groups in total. The van der Waals surface area contributed by atoms with Crippen LogP contribution in [0.2, 0.25) is 0 Å². The van der Waals surface area contributed by atoms with Crippen molar-refractivity contribution in [3.63, 3.8) is 0 Å². The first kappa shape index (κ1) is 20.0. The molecule has 0 aliphatic carbocycles. The molecule has 2 rings (SSSR count). The van der Waals surface area contributed by atoms with Gasteiger partial charge in [0.15, 0.2) is 6.61 Å². The molecular formula is C20H22N2O5. The van der Waals surface area contributed by atoms with Crippen LogP contribution in [-0.4, -0.2) is 24.6 Å². The van der Waals surface area contributed by atoms with Gasteiger partial charge in [-0.25, -0.2) is 0 Å². The molecule has 0 aliphatic rings. The Morgan fingerprint density at radius 3 is 2.70 bits per heavy atom. The van der Waals surface area contributed by atoms with Gasteiger partial charge in [-0.15, -0.1) is 0 Å². The lowest BCUT2D eigenvalue weighted by Crippen LogP contribution is -2.21. The van der Waals surface area contributed by atoms with Gasteiger partial charge in [-0.05, 0) is 45.4 Å². The van der Waals surface area contributed by atoms with E-state index in [9.17, 15) is 9.59 Å². The molecule has 0 radical (unpaired) electrons. The van der Waals surface area contributed by atoms with Crippen molar-refractivity contribution < 1.29 is 23.5 Å². The zero-order valence-electron chi connectivity index (χ0n) is 15.8. The van der Waals surface area contributed by atoms with Crippen LogP contribution in [-0.2, 0) is 20.7 Å². The second kappa shape index (κ2) is 8.90. The van der Waals surface area contributed by atoms with E-state index < -0.39 is 18.5 Å². The third-order valence-electron chi connectivity index (χ3n) is 3.73. The van der Waals surface area contributed by atoms with Crippen molar-refractivity contribution in [1.82, 2.24) is 0 Å². The van der Waals surface area contributed by atoms with E-state index in [-0.39, 0.29) is 24.0 Å². The number of furan rings is 1. The standard InChI is InChI=1S/C20H22N2O5/c1-12(2)26-16-7-5-6-15(8-16)9-19(24)25-11-18(23)22-20-17(10-21)13(3)14(4)27-20/h5-8,12H,9,11H2,1-4H3,(H,22,23). The molecule has 0 fully saturated rings. The van der Waals surface area contributed by atoms with Gasteiger partial charge >= 0.3 is 5.97 Å². The molecule has 7 heteroatoms. The zero-order valence-corrected chi connectivity index (χ0v) is 15.8. The minimum atomic E-state index is -0.578. The van der Waals surface area contributed by atoms with E-state index >= 15 is 0 Å². The van der Waals surface area contributed by atoms with E-state index in [0.29, 0.717) is 17.1 Å². The predicted octanol–water partition coefficient (Wildman–Crippen LogP) is 3.28. The molecule has 2 aromatic rings. The van der Waals surface area contributed by atoms with Crippen LogP contribution in [0.1, 0.15) is 36.3 Å². The zero-order chi connectivity index (χ0) is 20.0. The maximum atomic E-state index is 12.0. The van der Waals surface area contributed by atoms with Gasteiger partial charge in [-0.2, -0.15) is 5.26 Å². The Labute approximate surface area is 157 Å². The van der Waals surface area contributed by atoms with Crippen LogP contribution in [0.15, 0.2) is 28.7 Å². The molecule has 0 spiro atoms. The number of benzene rings is 1. The fourth-order valence-electron chi connectivity index (χ4n) is 2.38. The van der Waals surface area contributed by atoms with E-state index in [1.54, 1.807) is 32.0 Å². The highest BCUT2D eigenvalue weighted by Gasteiger charge is 2.17. The number of carbonyl (C=O) groups excluding carboxylic acids is 2. The van der Waals surface area contributed by atoms with Crippen LogP contribution in [0, 0.1) is 25.2 Å². The van der Waals surface area contributed by atoms with E-state index in [1.807, 2.05) is 26.0 Å². The summed E-state index contributed by atoms with van der Waals surface area (Å²) in [7, 11) is 0. The van der Waals surface area contributed by atoms with Crippen molar-refractivity contribution >= 4 is 17.8 Å². The highest BCUT2D eigenvalue weighted by Crippen LogP contribution is 2.25. The minimum absolute atomic E-state index is 0.0188. The largest absolute Gasteiger partial charge is 0.491 e. The quantitative estimate of drug-likeness (QED) is 0.751. The monoisotopic (exact) mass is 370 g/mol. The molecule has 0 aliphatic heterocycles. The van der Waals surface area contributed by atoms with Gasteiger partial charge in [-0.3, -0.25) is 14.9 Å². The Morgan fingerprint density at radius 1 is 1.30 bits per heavy atom. The Hall–Kier alpha value is -3.27. The molecule has 1 aromatic heterocycles. The number of esters is 1. The Bertz CT molecular complexity index is 877. The number of nitrogens with one attached hydrogen (secondary N) is 1. The molecule has 7 nitrogen and oxygen atoms in total. The molecule has 27 heavy (non-hydrogen) atoms. The summed E-state index contributed by atoms with van der Waals surface area (Å²) in [6, 6.07) is 9.11. The van der Waals surface area contributed by atoms with Crippen molar-refractivity contribution in [1.29, 1.82) is 5.26 Å². The second-order valence-corrected chi connectivity index (χ2v) is 6.30. The maximum Gasteiger partial charge on any atom is 0.310 e. The fraction of sp³-hybridized carbons (Fsp3) is 0.350. The Balaban J connectivity index is 1.88. The summed E-state index contributed by atoms with van der Waals surface area (Å²) in [5.74, 6) is 0.153. The van der Waals surface area contributed by atoms with E-state index in [0.717, 1.165) is 5.56 Å². The molecule has 142 valence electrons. The Kier molecular flexibility index (Phi) is 6.61. The fourth-order valence-corrected chi connectivity index (χ4v) is 2.38. The first-order valence-corrected chi connectivity index (χ1v) is 8.51. The lowest BCUT2D eigenvalue weighted by atomic mass is 10.1. The van der Waals surface area contributed by atoms with Gasteiger partial charge in [0.1, 0.15) is 23.1 Å². The third kappa shape index (κ3) is 5.61. The van der Waals surface area contributed by atoms with Crippen molar-refractivity contribution in [3.8, 4) is 11.8 Å². The molecule has 0 unspecified atom stereocenters. The number of nitrogens with zero attached hydrogens (tertiary/aromatic N) is 1. The molecule has 0 saturated carbocycles. The molecule has 1 heterocycles. The van der Waals surface area contributed by atoms with Crippen molar-refractivity contribution in [2.24, 2.45) is 0 Å². The van der Waals surface area contributed by atoms with Gasteiger partial charge in [0, 0.05) is 5.56 Å². The third-order valence-corrected chi connectivity index (χ3v) is 3.73. The van der Waals surface area contributed by atoms with Gasteiger partial charge in [-0.1, -0.05) is 12.1 Å². The van der Waals surface area contributed by atoms with E-state index in [4.69, 9.17) is 19.2 Å². The molecule has 1 amide bonds. The molecular weight excluding hydrogens is 348 g/mol. The SMILES string of the molecule is Cc1oc(NC(=O)COC(=O)Cc2cccc(OC(C)C)c2)c(C#N)c1C. The number of rotatable bonds is 7. The van der Waals surface area contributed by atoms with Crippen LogP contribution < -0.4 is 10.1 Å². The van der Waals surface area contributed by atoms with Gasteiger partial charge in [0.25, 0.3) is 5.91 Å². The van der Waals surface area contributed by atoms with Crippen LogP contribution in [0.4, 0.5) is 5.88 Å². The lowest BCUT2D eigenvalue weighted by molar-refractivity contribution is -0.146. The summed E-state index contributed by atoms with van der Waals surface area (Å²) in [5, 5.41) is 11.6. The van der Waals surface area contributed by atoms with Crippen molar-refractivity contribution in [2.45, 2.75) is 40.2 Å². The number of hydrogen-bond donors (Lipinski definition) is 1. The van der Waals surface area contributed by atoms with E-state index in [2.05, 4.69) is 5.32 Å². The average molecular weight is 370 g/mol. The smallest absolute Gasteiger partial charge is 0.310 e. The minimum Gasteiger partial charge on any atom is -0.491 e. The molecule has 0 bridgehead atoms. The van der Waals surface area contributed by atoms with Crippen LogP contribution >= 0.6 is 0 Å². The molecule has 0 saturated heterocycles. The second-order valence-electron chi connectivity index (χ2n) is 6.30. The van der Waals surface area contributed by atoms with Gasteiger partial charge in [0.05, 0.1) is 12.5 Å². The number of nitriles is 1. The number of ether oxygens (including phenoxy) is 2. The number of amides is 1. The topological polar surface area (TPSA) is 102 Å². The molecule has 1 aromatic carbocycles. The van der Waals surface area contributed by atoms with Crippen molar-refractivity contribution in [2.75, 3.05) is 11.9 Å². The predicted molar refractivity (Wildman–Crippen MR) is 98.4 cm³/mol. The normalized spacial score (nSPS) is 10.4. The highest BCUT2D eigenvalue weighted by atomic mass is 16.5. The summed E-state index contributed by atoms with van der Waals surface area (Å²) in [5.41, 5.74) is 1.64. The summed E-state index contributed by atoms with van der Waals surface area (Å²) in [6.45, 7) is 6.79. The average Bonchev–Trinajstić information content (AvgIpc) is 2.86. The Morgan fingerprint density at radius 2 is 2.04 bits per heavy atom. The number of hydrogen-bond acceptors (Lipinski definition) is 6. The van der Waals surface area contributed by atoms with Crippen LogP contribution in [0.5, 0.6) is 5.75 Å². The number of carbonyl (C=O) groups is 2. The molecule has 0 atom stereocenters. The van der Waals surface area contributed by atoms with Gasteiger partial charge < -0.3 is 13.9 Å². The lowest BCUT2D eigenvalue weighted by Gasteiger charge is -2.10. The first-order chi connectivity index (χ1) is 12.8.